The highest BCUT2D eigenvalue weighted by molar-refractivity contribution is 7.22. The summed E-state index contributed by atoms with van der Waals surface area (Å²) in [4.78, 5) is 16.2. The maximum Gasteiger partial charge on any atom is 0.341 e. The maximum atomic E-state index is 11.8. The van der Waals surface area contributed by atoms with Crippen molar-refractivity contribution in [3.05, 3.63) is 16.7 Å². The average Bonchev–Trinajstić information content (AvgIpc) is 2.88. The van der Waals surface area contributed by atoms with E-state index in [9.17, 15) is 4.79 Å². The highest BCUT2D eigenvalue weighted by atomic mass is 35.5. The number of aromatic nitrogens is 1. The van der Waals surface area contributed by atoms with E-state index in [2.05, 4.69) is 17.2 Å². The first kappa shape index (κ1) is 14.9. The number of carbonyl (C=O) groups is 1. The number of nitrogens with zero attached hydrogens (tertiary/aromatic N) is 1. The minimum absolute atomic E-state index is 0.304. The molecule has 0 amide bonds. The molecule has 0 atom stereocenters. The number of esters is 1. The van der Waals surface area contributed by atoms with Crippen LogP contribution >= 0.6 is 22.9 Å². The van der Waals surface area contributed by atoms with Gasteiger partial charge in [-0.1, -0.05) is 29.9 Å². The number of rotatable bonds is 5. The van der Waals surface area contributed by atoms with Gasteiger partial charge < -0.3 is 14.8 Å². The van der Waals surface area contributed by atoms with Crippen LogP contribution in [0.15, 0.2) is 6.07 Å². The molecular formula is C13H15ClN2O3S. The van der Waals surface area contributed by atoms with E-state index in [1.54, 1.807) is 0 Å². The van der Waals surface area contributed by atoms with Gasteiger partial charge in [0.2, 0.25) is 0 Å². The molecule has 0 aliphatic rings. The summed E-state index contributed by atoms with van der Waals surface area (Å²) < 4.78 is 10.8. The Morgan fingerprint density at radius 2 is 2.25 bits per heavy atom. The Morgan fingerprint density at radius 3 is 2.85 bits per heavy atom. The number of nitrogens with one attached hydrogen (secondary N) is 1. The SMILES string of the molecule is CCCNc1nc2c(Cl)cc(C(=O)OC)c(OC)c2s1. The van der Waals surface area contributed by atoms with E-state index in [0.717, 1.165) is 22.8 Å². The summed E-state index contributed by atoms with van der Waals surface area (Å²) in [5.41, 5.74) is 0.929. The molecule has 7 heteroatoms. The molecule has 0 aliphatic heterocycles. The molecule has 0 saturated heterocycles. The summed E-state index contributed by atoms with van der Waals surface area (Å²) in [7, 11) is 2.83. The zero-order chi connectivity index (χ0) is 14.7. The van der Waals surface area contributed by atoms with Gasteiger partial charge in [0.1, 0.15) is 15.8 Å². The van der Waals surface area contributed by atoms with Crippen molar-refractivity contribution in [3.63, 3.8) is 0 Å². The summed E-state index contributed by atoms with van der Waals surface area (Å²) >= 11 is 7.60. The number of carbonyl (C=O) groups excluding carboxylic acids is 1. The van der Waals surface area contributed by atoms with Crippen LogP contribution in [-0.4, -0.2) is 31.7 Å². The number of ether oxygens (including phenoxy) is 2. The summed E-state index contributed by atoms with van der Waals surface area (Å²) in [5.74, 6) is -0.0413. The molecule has 1 aromatic carbocycles. The van der Waals surface area contributed by atoms with Gasteiger partial charge in [-0.3, -0.25) is 0 Å². The Labute approximate surface area is 125 Å². The molecule has 0 fully saturated rings. The Kier molecular flexibility index (Phi) is 4.67. The van der Waals surface area contributed by atoms with Gasteiger partial charge in [0, 0.05) is 6.54 Å². The molecule has 1 aromatic heterocycles. The number of thiazole rings is 1. The topological polar surface area (TPSA) is 60.5 Å². The van der Waals surface area contributed by atoms with Crippen molar-refractivity contribution in [1.82, 2.24) is 4.98 Å². The molecule has 1 heterocycles. The number of methoxy groups -OCH3 is 2. The van der Waals surface area contributed by atoms with Crippen LogP contribution in [0.1, 0.15) is 23.7 Å². The zero-order valence-corrected chi connectivity index (χ0v) is 13.0. The first-order valence-electron chi connectivity index (χ1n) is 6.11. The lowest BCUT2D eigenvalue weighted by Crippen LogP contribution is -2.04. The summed E-state index contributed by atoms with van der Waals surface area (Å²) in [6.45, 7) is 2.90. The molecule has 0 radical (unpaired) electrons. The Morgan fingerprint density at radius 1 is 1.50 bits per heavy atom. The Bertz CT molecular complexity index is 642. The standard InChI is InChI=1S/C13H15ClN2O3S/c1-4-5-15-13-16-9-8(14)6-7(12(17)19-3)10(18-2)11(9)20-13/h6H,4-5H2,1-3H3,(H,15,16). The van der Waals surface area contributed by atoms with E-state index in [0.29, 0.717) is 21.9 Å². The Hall–Kier alpha value is -1.53. The number of fused-ring (bicyclic) bond motifs is 1. The second-order valence-electron chi connectivity index (χ2n) is 4.05. The molecule has 20 heavy (non-hydrogen) atoms. The predicted octanol–water partition coefficient (Wildman–Crippen LogP) is 3.57. The largest absolute Gasteiger partial charge is 0.494 e. The van der Waals surface area contributed by atoms with E-state index in [1.807, 2.05) is 0 Å². The monoisotopic (exact) mass is 314 g/mol. The third kappa shape index (κ3) is 2.66. The highest BCUT2D eigenvalue weighted by Crippen LogP contribution is 2.40. The lowest BCUT2D eigenvalue weighted by Gasteiger charge is -2.08. The highest BCUT2D eigenvalue weighted by Gasteiger charge is 2.21. The molecule has 108 valence electrons. The smallest absolute Gasteiger partial charge is 0.341 e. The van der Waals surface area contributed by atoms with Crippen molar-refractivity contribution in [2.75, 3.05) is 26.1 Å². The van der Waals surface area contributed by atoms with Gasteiger partial charge in [-0.15, -0.1) is 0 Å². The van der Waals surface area contributed by atoms with Crippen LogP contribution in [0.4, 0.5) is 5.13 Å². The van der Waals surface area contributed by atoms with Gasteiger partial charge in [0.15, 0.2) is 10.9 Å². The molecule has 0 bridgehead atoms. The van der Waals surface area contributed by atoms with Crippen LogP contribution in [0.5, 0.6) is 5.75 Å². The summed E-state index contributed by atoms with van der Waals surface area (Å²) in [6, 6.07) is 1.53. The van der Waals surface area contributed by atoms with Crippen molar-refractivity contribution >= 4 is 44.3 Å². The van der Waals surface area contributed by atoms with Gasteiger partial charge in [-0.2, -0.15) is 0 Å². The number of hydrogen-bond donors (Lipinski definition) is 1. The van der Waals surface area contributed by atoms with Gasteiger partial charge in [0.05, 0.1) is 19.2 Å². The number of anilines is 1. The van der Waals surface area contributed by atoms with Crippen molar-refractivity contribution in [3.8, 4) is 5.75 Å². The van der Waals surface area contributed by atoms with Crippen LogP contribution in [-0.2, 0) is 4.74 Å². The fourth-order valence-electron chi connectivity index (χ4n) is 1.79. The molecule has 0 aliphatic carbocycles. The molecule has 0 spiro atoms. The van der Waals surface area contributed by atoms with Crippen molar-refractivity contribution in [1.29, 1.82) is 0 Å². The predicted molar refractivity (Wildman–Crippen MR) is 81.3 cm³/mol. The van der Waals surface area contributed by atoms with Crippen molar-refractivity contribution < 1.29 is 14.3 Å². The quantitative estimate of drug-likeness (QED) is 0.855. The molecule has 1 N–H and O–H groups in total. The molecular weight excluding hydrogens is 300 g/mol. The number of benzene rings is 1. The maximum absolute atomic E-state index is 11.8. The van der Waals surface area contributed by atoms with Crippen molar-refractivity contribution in [2.24, 2.45) is 0 Å². The van der Waals surface area contributed by atoms with Gasteiger partial charge in [-0.25, -0.2) is 9.78 Å². The fourth-order valence-corrected chi connectivity index (χ4v) is 3.14. The second-order valence-corrected chi connectivity index (χ2v) is 5.46. The summed E-state index contributed by atoms with van der Waals surface area (Å²) in [5, 5.41) is 4.36. The molecule has 0 unspecified atom stereocenters. The Balaban J connectivity index is 2.60. The third-order valence-electron chi connectivity index (χ3n) is 2.71. The minimum Gasteiger partial charge on any atom is -0.494 e. The molecule has 5 nitrogen and oxygen atoms in total. The summed E-state index contributed by atoms with van der Waals surface area (Å²) in [6.07, 6.45) is 0.994. The van der Waals surface area contributed by atoms with Crippen LogP contribution < -0.4 is 10.1 Å². The van der Waals surface area contributed by atoms with Crippen LogP contribution in [0.3, 0.4) is 0 Å². The van der Waals surface area contributed by atoms with Crippen LogP contribution in [0.25, 0.3) is 10.2 Å². The van der Waals surface area contributed by atoms with Gasteiger partial charge >= 0.3 is 5.97 Å². The lowest BCUT2D eigenvalue weighted by molar-refractivity contribution is 0.0597. The second kappa shape index (κ2) is 6.28. The first-order chi connectivity index (χ1) is 9.62. The molecule has 0 saturated carbocycles. The normalized spacial score (nSPS) is 10.6. The molecule has 2 rings (SSSR count). The third-order valence-corrected chi connectivity index (χ3v) is 4.01. The van der Waals surface area contributed by atoms with E-state index in [4.69, 9.17) is 21.1 Å². The van der Waals surface area contributed by atoms with Gasteiger partial charge in [-0.05, 0) is 12.5 Å². The van der Waals surface area contributed by atoms with E-state index >= 15 is 0 Å². The van der Waals surface area contributed by atoms with E-state index in [-0.39, 0.29) is 0 Å². The van der Waals surface area contributed by atoms with E-state index in [1.165, 1.54) is 31.6 Å². The van der Waals surface area contributed by atoms with Crippen LogP contribution in [0, 0.1) is 0 Å². The number of halogens is 1. The minimum atomic E-state index is -0.484. The fraction of sp³-hybridized carbons (Fsp3) is 0.385. The molecule has 2 aromatic rings. The van der Waals surface area contributed by atoms with Crippen molar-refractivity contribution in [2.45, 2.75) is 13.3 Å². The lowest BCUT2D eigenvalue weighted by atomic mass is 10.2. The van der Waals surface area contributed by atoms with Crippen LogP contribution in [0.2, 0.25) is 5.02 Å². The van der Waals surface area contributed by atoms with Gasteiger partial charge in [0.25, 0.3) is 0 Å². The van der Waals surface area contributed by atoms with E-state index < -0.39 is 5.97 Å². The first-order valence-corrected chi connectivity index (χ1v) is 7.31. The number of hydrogen-bond acceptors (Lipinski definition) is 6. The average molecular weight is 315 g/mol. The zero-order valence-electron chi connectivity index (χ0n) is 11.4.